The molecule has 0 aliphatic carbocycles. The van der Waals surface area contributed by atoms with Gasteiger partial charge in [0, 0.05) is 21.8 Å². The first-order valence-corrected chi connectivity index (χ1v) is 5.92. The van der Waals surface area contributed by atoms with Crippen LogP contribution < -0.4 is 5.32 Å². The molecule has 80 valence electrons. The molecule has 0 spiro atoms. The minimum atomic E-state index is 0.213. The molecule has 1 aromatic rings. The van der Waals surface area contributed by atoms with E-state index < -0.39 is 0 Å². The molecule has 0 aliphatic rings. The number of nitrogens with one attached hydrogen (secondary N) is 1. The lowest BCUT2D eigenvalue weighted by Crippen LogP contribution is -2.33. The van der Waals surface area contributed by atoms with Gasteiger partial charge >= 0.3 is 0 Å². The molecular weight excluding hydrogens is 194 g/mol. The maximum Gasteiger partial charge on any atom is 0.0584 e. The smallest absolute Gasteiger partial charge is 0.0584 e. The Labute approximate surface area is 90.0 Å². The molecule has 14 heavy (non-hydrogen) atoms. The summed E-state index contributed by atoms with van der Waals surface area (Å²) in [6.45, 7) is 6.55. The third-order valence-corrected chi connectivity index (χ3v) is 3.57. The number of rotatable bonds is 5. The Kier molecular flexibility index (Phi) is 4.58. The normalized spacial score (nSPS) is 15.4. The Morgan fingerprint density at radius 1 is 1.50 bits per heavy atom. The molecule has 0 saturated carbocycles. The second-order valence-electron chi connectivity index (χ2n) is 3.62. The quantitative estimate of drug-likeness (QED) is 0.787. The maximum atomic E-state index is 9.07. The van der Waals surface area contributed by atoms with Crippen LogP contribution >= 0.6 is 11.3 Å². The molecule has 0 amide bonds. The summed E-state index contributed by atoms with van der Waals surface area (Å²) in [4.78, 5) is 2.68. The van der Waals surface area contributed by atoms with Crippen molar-refractivity contribution in [3.05, 3.63) is 21.9 Å². The number of hydrogen-bond acceptors (Lipinski definition) is 3. The fourth-order valence-corrected chi connectivity index (χ4v) is 2.31. The highest BCUT2D eigenvalue weighted by Crippen LogP contribution is 2.22. The Hall–Kier alpha value is -0.380. The van der Waals surface area contributed by atoms with Gasteiger partial charge in [0.15, 0.2) is 0 Å². The van der Waals surface area contributed by atoms with Crippen LogP contribution in [-0.2, 0) is 0 Å². The Balaban J connectivity index is 2.53. The van der Waals surface area contributed by atoms with E-state index in [0.717, 1.165) is 6.42 Å². The summed E-state index contributed by atoms with van der Waals surface area (Å²) in [5.41, 5.74) is 0. The van der Waals surface area contributed by atoms with Gasteiger partial charge in [-0.25, -0.2) is 0 Å². The average Bonchev–Trinajstić information content (AvgIpc) is 2.61. The van der Waals surface area contributed by atoms with Crippen LogP contribution in [0.5, 0.6) is 0 Å². The van der Waals surface area contributed by atoms with Gasteiger partial charge in [-0.2, -0.15) is 0 Å². The van der Waals surface area contributed by atoms with Gasteiger partial charge in [0.1, 0.15) is 0 Å². The number of aryl methyl sites for hydroxylation is 1. The lowest BCUT2D eigenvalue weighted by Gasteiger charge is -2.19. The van der Waals surface area contributed by atoms with Crippen LogP contribution in [0.2, 0.25) is 0 Å². The van der Waals surface area contributed by atoms with E-state index in [-0.39, 0.29) is 12.6 Å². The first-order valence-electron chi connectivity index (χ1n) is 5.10. The largest absolute Gasteiger partial charge is 0.395 e. The van der Waals surface area contributed by atoms with E-state index in [1.165, 1.54) is 9.75 Å². The SMILES string of the molecule is CCC(CO)NC(C)c1ccc(C)s1. The summed E-state index contributed by atoms with van der Waals surface area (Å²) in [5, 5.41) is 12.5. The highest BCUT2D eigenvalue weighted by molar-refractivity contribution is 7.12. The number of thiophene rings is 1. The predicted octanol–water partition coefficient (Wildman–Crippen LogP) is 2.48. The van der Waals surface area contributed by atoms with Crippen molar-refractivity contribution in [3.8, 4) is 0 Å². The van der Waals surface area contributed by atoms with E-state index in [4.69, 9.17) is 5.11 Å². The minimum Gasteiger partial charge on any atom is -0.395 e. The van der Waals surface area contributed by atoms with Crippen molar-refractivity contribution >= 4 is 11.3 Å². The van der Waals surface area contributed by atoms with Crippen molar-refractivity contribution in [1.82, 2.24) is 5.32 Å². The third-order valence-electron chi connectivity index (χ3n) is 2.39. The molecule has 0 aliphatic heterocycles. The van der Waals surface area contributed by atoms with Gasteiger partial charge in [0.2, 0.25) is 0 Å². The summed E-state index contributed by atoms with van der Waals surface area (Å²) in [6.07, 6.45) is 0.963. The van der Waals surface area contributed by atoms with E-state index >= 15 is 0 Å². The zero-order valence-corrected chi connectivity index (χ0v) is 9.90. The summed E-state index contributed by atoms with van der Waals surface area (Å²) in [6, 6.07) is 4.85. The Morgan fingerprint density at radius 3 is 2.64 bits per heavy atom. The van der Waals surface area contributed by atoms with E-state index in [1.54, 1.807) is 0 Å². The third kappa shape index (κ3) is 3.08. The van der Waals surface area contributed by atoms with E-state index in [9.17, 15) is 0 Å². The first-order chi connectivity index (χ1) is 6.67. The number of aliphatic hydroxyl groups is 1. The zero-order valence-electron chi connectivity index (χ0n) is 9.08. The minimum absolute atomic E-state index is 0.213. The molecular formula is C11H19NOS. The van der Waals surface area contributed by atoms with Gasteiger partial charge in [-0.05, 0) is 32.4 Å². The van der Waals surface area contributed by atoms with Gasteiger partial charge < -0.3 is 10.4 Å². The molecule has 0 radical (unpaired) electrons. The van der Waals surface area contributed by atoms with Gasteiger partial charge in [0.25, 0.3) is 0 Å². The second-order valence-corrected chi connectivity index (χ2v) is 4.94. The molecule has 0 saturated heterocycles. The molecule has 0 aromatic carbocycles. The Morgan fingerprint density at radius 2 is 2.21 bits per heavy atom. The Bertz CT molecular complexity index is 268. The molecule has 3 heteroatoms. The molecule has 0 fully saturated rings. The molecule has 2 nitrogen and oxygen atoms in total. The predicted molar refractivity (Wildman–Crippen MR) is 61.8 cm³/mol. The molecule has 1 heterocycles. The molecule has 1 rings (SSSR count). The standard InChI is InChI=1S/C11H19NOS/c1-4-10(7-13)12-9(3)11-6-5-8(2)14-11/h5-6,9-10,12-13H,4,7H2,1-3H3. The topological polar surface area (TPSA) is 32.3 Å². The van der Waals surface area contributed by atoms with Crippen molar-refractivity contribution < 1.29 is 5.11 Å². The molecule has 2 N–H and O–H groups in total. The average molecular weight is 213 g/mol. The fourth-order valence-electron chi connectivity index (χ4n) is 1.42. The lowest BCUT2D eigenvalue weighted by molar-refractivity contribution is 0.230. The molecule has 2 atom stereocenters. The van der Waals surface area contributed by atoms with Gasteiger partial charge in [-0.1, -0.05) is 6.92 Å². The summed E-state index contributed by atoms with van der Waals surface area (Å²) in [7, 11) is 0. The van der Waals surface area contributed by atoms with E-state index in [1.807, 2.05) is 11.3 Å². The van der Waals surface area contributed by atoms with E-state index in [0.29, 0.717) is 6.04 Å². The van der Waals surface area contributed by atoms with Crippen LogP contribution in [0.4, 0.5) is 0 Å². The lowest BCUT2D eigenvalue weighted by atomic mass is 10.2. The summed E-state index contributed by atoms with van der Waals surface area (Å²) >= 11 is 1.81. The summed E-state index contributed by atoms with van der Waals surface area (Å²) in [5.74, 6) is 0. The van der Waals surface area contributed by atoms with Crippen LogP contribution in [0.1, 0.15) is 36.1 Å². The van der Waals surface area contributed by atoms with Crippen LogP contribution in [0.3, 0.4) is 0 Å². The fraction of sp³-hybridized carbons (Fsp3) is 0.636. The van der Waals surface area contributed by atoms with Crippen molar-refractivity contribution in [2.24, 2.45) is 0 Å². The van der Waals surface area contributed by atoms with Crippen molar-refractivity contribution in [1.29, 1.82) is 0 Å². The molecule has 0 bridgehead atoms. The summed E-state index contributed by atoms with van der Waals surface area (Å²) < 4.78 is 0. The van der Waals surface area contributed by atoms with Crippen LogP contribution in [0.15, 0.2) is 12.1 Å². The zero-order chi connectivity index (χ0) is 10.6. The van der Waals surface area contributed by atoms with Crippen LogP contribution in [0, 0.1) is 6.92 Å². The second kappa shape index (κ2) is 5.49. The van der Waals surface area contributed by atoms with Gasteiger partial charge in [-0.3, -0.25) is 0 Å². The van der Waals surface area contributed by atoms with Gasteiger partial charge in [-0.15, -0.1) is 11.3 Å². The maximum absolute atomic E-state index is 9.07. The highest BCUT2D eigenvalue weighted by Gasteiger charge is 2.11. The van der Waals surface area contributed by atoms with Crippen LogP contribution in [0.25, 0.3) is 0 Å². The van der Waals surface area contributed by atoms with Crippen molar-refractivity contribution in [2.75, 3.05) is 6.61 Å². The first kappa shape index (κ1) is 11.7. The number of hydrogen-bond donors (Lipinski definition) is 2. The molecule has 2 unspecified atom stereocenters. The van der Waals surface area contributed by atoms with Crippen molar-refractivity contribution in [2.45, 2.75) is 39.3 Å². The van der Waals surface area contributed by atoms with Gasteiger partial charge in [0.05, 0.1) is 6.61 Å². The van der Waals surface area contributed by atoms with E-state index in [2.05, 4.69) is 38.2 Å². The monoisotopic (exact) mass is 213 g/mol. The van der Waals surface area contributed by atoms with Crippen molar-refractivity contribution in [3.63, 3.8) is 0 Å². The molecule has 1 aromatic heterocycles. The number of aliphatic hydroxyl groups excluding tert-OH is 1. The van der Waals surface area contributed by atoms with Crippen LogP contribution in [-0.4, -0.2) is 17.8 Å². The highest BCUT2D eigenvalue weighted by atomic mass is 32.1.